The quantitative estimate of drug-likeness (QED) is 0.255. The average Bonchev–Trinajstić information content (AvgIpc) is 3.65. The van der Waals surface area contributed by atoms with Crippen molar-refractivity contribution in [2.75, 3.05) is 26.4 Å². The van der Waals surface area contributed by atoms with Crippen LogP contribution in [0.25, 0.3) is 0 Å². The highest BCUT2D eigenvalue weighted by Gasteiger charge is 2.44. The number of hydrogen-bond acceptors (Lipinski definition) is 10. The van der Waals surface area contributed by atoms with Crippen LogP contribution in [0.3, 0.4) is 0 Å². The molecule has 0 spiro atoms. The van der Waals surface area contributed by atoms with E-state index in [0.717, 1.165) is 31.2 Å². The smallest absolute Gasteiger partial charge is 0.407 e. The summed E-state index contributed by atoms with van der Waals surface area (Å²) in [4.78, 5) is 12.9. The number of nitriles is 1. The number of fused-ring (bicyclic) bond motifs is 2. The van der Waals surface area contributed by atoms with E-state index in [2.05, 4.69) is 30.0 Å². The molecule has 2 aromatic rings. The molecule has 3 aliphatic rings. The molecule has 6 atom stereocenters. The second kappa shape index (κ2) is 15.0. The number of nitrogens with zero attached hydrogens (tertiary/aromatic N) is 1. The Balaban J connectivity index is 1.18. The molecule has 2 saturated heterocycles. The minimum Gasteiger partial charge on any atom is -0.486 e. The van der Waals surface area contributed by atoms with Gasteiger partial charge < -0.3 is 34.1 Å². The Morgan fingerprint density at radius 1 is 1.15 bits per heavy atom. The monoisotopic (exact) mass is 657 g/mol. The van der Waals surface area contributed by atoms with Crippen molar-refractivity contribution in [1.82, 2.24) is 10.0 Å². The lowest BCUT2D eigenvalue weighted by Gasteiger charge is -2.33. The van der Waals surface area contributed by atoms with Gasteiger partial charge in [0.25, 0.3) is 0 Å². The lowest BCUT2D eigenvalue weighted by atomic mass is 9.82. The van der Waals surface area contributed by atoms with Gasteiger partial charge in [0.1, 0.15) is 18.8 Å². The van der Waals surface area contributed by atoms with Crippen molar-refractivity contribution in [3.63, 3.8) is 0 Å². The summed E-state index contributed by atoms with van der Waals surface area (Å²) in [5.41, 5.74) is 0.804. The number of carbonyl (C=O) groups excluding carboxylic acids is 1. The number of aliphatic hydroxyl groups is 1. The molecule has 13 heteroatoms. The zero-order valence-electron chi connectivity index (χ0n) is 26.2. The summed E-state index contributed by atoms with van der Waals surface area (Å²) in [7, 11) is -4.05. The van der Waals surface area contributed by atoms with Crippen LogP contribution in [-0.2, 0) is 30.7 Å². The molecule has 0 radical (unpaired) electrons. The number of amides is 1. The first kappa shape index (κ1) is 33.9. The Bertz CT molecular complexity index is 1480. The van der Waals surface area contributed by atoms with Crippen LogP contribution in [0.4, 0.5) is 4.79 Å². The first-order valence-electron chi connectivity index (χ1n) is 15.8. The molecule has 1 amide bonds. The van der Waals surface area contributed by atoms with Crippen LogP contribution in [0.5, 0.6) is 11.5 Å². The number of carbonyl (C=O) groups is 1. The van der Waals surface area contributed by atoms with Crippen LogP contribution in [0.1, 0.15) is 51.5 Å². The lowest BCUT2D eigenvalue weighted by Crippen LogP contribution is -2.50. The third-order valence-electron chi connectivity index (χ3n) is 8.66. The maximum atomic E-state index is 13.3. The zero-order chi connectivity index (χ0) is 32.7. The van der Waals surface area contributed by atoms with Gasteiger partial charge in [0.2, 0.25) is 10.0 Å². The average molecular weight is 658 g/mol. The Morgan fingerprint density at radius 2 is 1.96 bits per heavy atom. The minimum absolute atomic E-state index is 0.0424. The van der Waals surface area contributed by atoms with E-state index in [4.69, 9.17) is 28.9 Å². The molecule has 0 bridgehead atoms. The third kappa shape index (κ3) is 8.89. The van der Waals surface area contributed by atoms with Gasteiger partial charge in [-0.3, -0.25) is 0 Å². The number of rotatable bonds is 14. The van der Waals surface area contributed by atoms with Gasteiger partial charge in [-0.05, 0) is 55.2 Å². The molecule has 0 aromatic heterocycles. The molecule has 2 fully saturated rings. The van der Waals surface area contributed by atoms with Gasteiger partial charge in [0.15, 0.2) is 17.8 Å². The second-order valence-electron chi connectivity index (χ2n) is 12.9. The van der Waals surface area contributed by atoms with Crippen LogP contribution in [0, 0.1) is 22.7 Å². The molecule has 3 heterocycles. The van der Waals surface area contributed by atoms with Crippen molar-refractivity contribution in [3.8, 4) is 17.6 Å². The maximum Gasteiger partial charge on any atom is 0.407 e. The van der Waals surface area contributed by atoms with E-state index in [1.807, 2.05) is 30.3 Å². The van der Waals surface area contributed by atoms with Gasteiger partial charge in [-0.2, -0.15) is 5.26 Å². The van der Waals surface area contributed by atoms with Crippen LogP contribution in [0.15, 0.2) is 53.4 Å². The molecule has 46 heavy (non-hydrogen) atoms. The number of alkyl carbamates (subject to hydrolysis) is 1. The van der Waals surface area contributed by atoms with Gasteiger partial charge in [-0.15, -0.1) is 0 Å². The number of unbranched alkanes of at least 4 members (excludes halogenated alkanes) is 1. The summed E-state index contributed by atoms with van der Waals surface area (Å²) in [5.74, 6) is 0.731. The predicted molar refractivity (Wildman–Crippen MR) is 167 cm³/mol. The van der Waals surface area contributed by atoms with E-state index in [0.29, 0.717) is 24.5 Å². The number of aliphatic hydroxyl groups excluding tert-OH is 1. The molecule has 0 saturated carbocycles. The summed E-state index contributed by atoms with van der Waals surface area (Å²) in [6.07, 6.45) is 0.873. The Kier molecular flexibility index (Phi) is 11.1. The van der Waals surface area contributed by atoms with Crippen molar-refractivity contribution >= 4 is 16.1 Å². The fraction of sp³-hybridized carbons (Fsp3) is 0.576. The minimum atomic E-state index is -4.05. The summed E-state index contributed by atoms with van der Waals surface area (Å²) in [5, 5.41) is 22.7. The first-order chi connectivity index (χ1) is 22.0. The first-order valence-corrected chi connectivity index (χ1v) is 17.2. The van der Waals surface area contributed by atoms with E-state index >= 15 is 0 Å². The topological polar surface area (TPSA) is 165 Å². The van der Waals surface area contributed by atoms with Gasteiger partial charge in [0.05, 0.1) is 42.2 Å². The van der Waals surface area contributed by atoms with Crippen LogP contribution < -0.4 is 19.5 Å². The van der Waals surface area contributed by atoms with Crippen LogP contribution >= 0.6 is 0 Å². The standard InChI is InChI=1S/C33H43N3O9S/c1-33(2,13-6-7-14-34)18-23-20-42-29-17-24(10-11-28(29)44-23)46(39,40)35-19-27(37)26(16-22-8-4-3-5-9-22)36-32(38)45-30-21-43-31-25(30)12-15-41-31/h3-5,8-11,17,23,25-27,30-31,35,37H,6-7,12-13,15-16,18-21H2,1-2H3,(H,36,38)/t23?,25-,26?,27+,30-,31+/m0/s1. The molecule has 2 unspecified atom stereocenters. The maximum absolute atomic E-state index is 13.3. The zero-order valence-corrected chi connectivity index (χ0v) is 27.0. The molecular formula is C33H43N3O9S. The molecular weight excluding hydrogens is 614 g/mol. The number of ether oxygens (including phenoxy) is 5. The normalized spacial score (nSPS) is 23.6. The fourth-order valence-electron chi connectivity index (χ4n) is 6.17. The van der Waals surface area contributed by atoms with Crippen molar-refractivity contribution in [1.29, 1.82) is 5.26 Å². The van der Waals surface area contributed by atoms with Gasteiger partial charge in [-0.25, -0.2) is 17.9 Å². The van der Waals surface area contributed by atoms with Crippen molar-refractivity contribution in [2.24, 2.45) is 11.3 Å². The van der Waals surface area contributed by atoms with Crippen molar-refractivity contribution < 1.29 is 42.0 Å². The number of benzene rings is 2. The number of hydrogen-bond donors (Lipinski definition) is 3. The predicted octanol–water partition coefficient (Wildman–Crippen LogP) is 3.67. The molecule has 2 aromatic carbocycles. The summed E-state index contributed by atoms with van der Waals surface area (Å²) in [6.45, 7) is 4.95. The Hall–Kier alpha value is -3.41. The molecule has 12 nitrogen and oxygen atoms in total. The van der Waals surface area contributed by atoms with E-state index in [-0.39, 0.29) is 54.8 Å². The molecule has 3 aliphatic heterocycles. The Morgan fingerprint density at radius 3 is 2.74 bits per heavy atom. The number of nitrogens with one attached hydrogen (secondary N) is 2. The highest BCUT2D eigenvalue weighted by molar-refractivity contribution is 7.89. The summed E-state index contributed by atoms with van der Waals surface area (Å²) in [6, 6.07) is 15.0. The highest BCUT2D eigenvalue weighted by atomic mass is 32.2. The largest absolute Gasteiger partial charge is 0.486 e. The number of sulfonamides is 1. The SMILES string of the molecule is CC(C)(CCCC#N)CC1COc2cc(S(=O)(=O)NC[C@@H](O)C(Cc3ccccc3)NC(=O)O[C@H]3CO[C@H]4OCC[C@H]43)ccc2O1. The third-order valence-corrected chi connectivity index (χ3v) is 10.1. The van der Waals surface area contributed by atoms with Crippen molar-refractivity contribution in [3.05, 3.63) is 54.1 Å². The van der Waals surface area contributed by atoms with Gasteiger partial charge in [0, 0.05) is 19.0 Å². The van der Waals surface area contributed by atoms with E-state index in [1.165, 1.54) is 12.1 Å². The molecule has 3 N–H and O–H groups in total. The Labute approximate surface area is 270 Å². The summed E-state index contributed by atoms with van der Waals surface area (Å²) < 4.78 is 57.7. The van der Waals surface area contributed by atoms with Crippen molar-refractivity contribution in [2.45, 2.75) is 87.9 Å². The molecule has 0 aliphatic carbocycles. The van der Waals surface area contributed by atoms with E-state index in [1.54, 1.807) is 6.07 Å². The van der Waals surface area contributed by atoms with Gasteiger partial charge in [-0.1, -0.05) is 44.2 Å². The van der Waals surface area contributed by atoms with Crippen LogP contribution in [-0.4, -0.2) is 76.6 Å². The van der Waals surface area contributed by atoms with Gasteiger partial charge >= 0.3 is 6.09 Å². The van der Waals surface area contributed by atoms with E-state index < -0.39 is 34.4 Å². The highest BCUT2D eigenvalue weighted by Crippen LogP contribution is 2.38. The fourth-order valence-corrected chi connectivity index (χ4v) is 7.24. The molecule has 5 rings (SSSR count). The second-order valence-corrected chi connectivity index (χ2v) is 14.6. The van der Waals surface area contributed by atoms with Crippen LogP contribution in [0.2, 0.25) is 0 Å². The molecule has 250 valence electrons. The lowest BCUT2D eigenvalue weighted by molar-refractivity contribution is -0.0907. The summed E-state index contributed by atoms with van der Waals surface area (Å²) >= 11 is 0. The van der Waals surface area contributed by atoms with E-state index in [9.17, 15) is 18.3 Å².